The molecule has 8 nitrogen and oxygen atoms in total. The molecule has 3 unspecified atom stereocenters. The van der Waals surface area contributed by atoms with Crippen molar-refractivity contribution in [3.05, 3.63) is 65.7 Å². The van der Waals surface area contributed by atoms with Crippen LogP contribution in [0.15, 0.2) is 54.6 Å². The first kappa shape index (κ1) is 32.5. The number of carbonyl (C=O) groups excluding carboxylic acids is 3. The summed E-state index contributed by atoms with van der Waals surface area (Å²) >= 11 is 0. The van der Waals surface area contributed by atoms with Crippen LogP contribution in [-0.2, 0) is 31.0 Å². The van der Waals surface area contributed by atoms with E-state index in [9.17, 15) is 19.5 Å². The van der Waals surface area contributed by atoms with E-state index in [1.54, 1.807) is 6.07 Å². The molecule has 0 aromatic heterocycles. The van der Waals surface area contributed by atoms with E-state index in [1.165, 1.54) is 19.1 Å². The maximum Gasteiger partial charge on any atom is 0.328 e. The second kappa shape index (κ2) is 15.4. The summed E-state index contributed by atoms with van der Waals surface area (Å²) < 4.78 is 4.92. The van der Waals surface area contributed by atoms with Crippen LogP contribution in [0.3, 0.4) is 0 Å². The number of benzene rings is 2. The number of piperidine rings is 1. The second-order valence-electron chi connectivity index (χ2n) is 12.6. The summed E-state index contributed by atoms with van der Waals surface area (Å²) in [4.78, 5) is 43.3. The predicted molar refractivity (Wildman–Crippen MR) is 168 cm³/mol. The molecule has 2 amide bonds. The molecule has 2 aromatic rings. The lowest BCUT2D eigenvalue weighted by Crippen LogP contribution is -2.51. The molecule has 1 aliphatic carbocycles. The fourth-order valence-corrected chi connectivity index (χ4v) is 6.78. The van der Waals surface area contributed by atoms with Crippen molar-refractivity contribution in [1.29, 1.82) is 0 Å². The molecular weight excluding hydrogens is 542 g/mol. The molecule has 1 heterocycles. The van der Waals surface area contributed by atoms with Crippen molar-refractivity contribution in [2.45, 2.75) is 89.1 Å². The summed E-state index contributed by atoms with van der Waals surface area (Å²) in [6.07, 6.45) is 6.93. The molecule has 1 saturated heterocycles. The van der Waals surface area contributed by atoms with Crippen molar-refractivity contribution in [3.8, 4) is 5.75 Å². The van der Waals surface area contributed by atoms with Crippen LogP contribution in [0.4, 0.5) is 0 Å². The van der Waals surface area contributed by atoms with E-state index in [-0.39, 0.29) is 36.1 Å². The van der Waals surface area contributed by atoms with Gasteiger partial charge >= 0.3 is 5.97 Å². The third kappa shape index (κ3) is 8.82. The molecule has 8 heteroatoms. The number of nitrogens with one attached hydrogen (secondary N) is 1. The lowest BCUT2D eigenvalue weighted by Gasteiger charge is -2.46. The van der Waals surface area contributed by atoms with E-state index >= 15 is 0 Å². The lowest BCUT2D eigenvalue weighted by molar-refractivity contribution is -0.145. The molecule has 0 bridgehead atoms. The van der Waals surface area contributed by atoms with Crippen LogP contribution in [0.25, 0.3) is 0 Å². The van der Waals surface area contributed by atoms with E-state index in [4.69, 9.17) is 4.74 Å². The highest BCUT2D eigenvalue weighted by molar-refractivity contribution is 5.87. The first-order chi connectivity index (χ1) is 20.7. The van der Waals surface area contributed by atoms with Gasteiger partial charge in [-0.15, -0.1) is 0 Å². The molecule has 0 spiro atoms. The van der Waals surface area contributed by atoms with Gasteiger partial charge in [0.15, 0.2) is 0 Å². The Morgan fingerprint density at radius 2 is 1.81 bits per heavy atom. The number of aromatic hydroxyl groups is 1. The van der Waals surface area contributed by atoms with Gasteiger partial charge in [-0.2, -0.15) is 0 Å². The monoisotopic (exact) mass is 591 g/mol. The highest BCUT2D eigenvalue weighted by Gasteiger charge is 2.38. The van der Waals surface area contributed by atoms with Crippen molar-refractivity contribution >= 4 is 17.8 Å². The zero-order valence-corrected chi connectivity index (χ0v) is 26.1. The molecule has 2 aromatic carbocycles. The normalized spacial score (nSPS) is 22.0. The van der Waals surface area contributed by atoms with E-state index in [0.29, 0.717) is 24.6 Å². The number of methoxy groups -OCH3 is 1. The minimum Gasteiger partial charge on any atom is -0.508 e. The molecule has 2 fully saturated rings. The highest BCUT2D eigenvalue weighted by atomic mass is 16.5. The Labute approximate surface area is 256 Å². The Morgan fingerprint density at radius 3 is 2.49 bits per heavy atom. The molecule has 1 aliphatic heterocycles. The van der Waals surface area contributed by atoms with Gasteiger partial charge < -0.3 is 25.0 Å². The summed E-state index contributed by atoms with van der Waals surface area (Å²) in [5, 5.41) is 12.8. The molecule has 2 N–H and O–H groups in total. The number of hydrogen-bond acceptors (Lipinski definition) is 6. The van der Waals surface area contributed by atoms with Gasteiger partial charge in [-0.05, 0) is 60.4 Å². The molecule has 0 radical (unpaired) electrons. The Kier molecular flexibility index (Phi) is 11.6. The van der Waals surface area contributed by atoms with E-state index < -0.39 is 12.0 Å². The first-order valence-electron chi connectivity index (χ1n) is 15.9. The van der Waals surface area contributed by atoms with Crippen molar-refractivity contribution in [3.63, 3.8) is 0 Å². The maximum atomic E-state index is 13.6. The summed E-state index contributed by atoms with van der Waals surface area (Å²) in [5.74, 6) is -0.109. The minimum atomic E-state index is -0.795. The zero-order valence-electron chi connectivity index (χ0n) is 26.1. The summed E-state index contributed by atoms with van der Waals surface area (Å²) in [6.45, 7) is 7.88. The average molecular weight is 592 g/mol. The fraction of sp³-hybridized carbons (Fsp3) is 0.571. The summed E-state index contributed by atoms with van der Waals surface area (Å²) in [6, 6.07) is 16.6. The number of hydrogen-bond donors (Lipinski definition) is 2. The van der Waals surface area contributed by atoms with Gasteiger partial charge in [-0.1, -0.05) is 75.6 Å². The fourth-order valence-electron chi connectivity index (χ4n) is 6.78. The number of likely N-dealkylation sites (tertiary alicyclic amines) is 1. The zero-order chi connectivity index (χ0) is 30.8. The summed E-state index contributed by atoms with van der Waals surface area (Å²) in [7, 11) is 1.31. The van der Waals surface area contributed by atoms with E-state index in [0.717, 1.165) is 57.3 Å². The second-order valence-corrected chi connectivity index (χ2v) is 12.6. The molecule has 4 rings (SSSR count). The SMILES string of the molecule is COC(=O)C(Cc1ccccc1)NC(=O)CCC(=O)N(CCN1CCC(C)(c2cccc(O)c2)C(C)C1)C1CCCCC1. The van der Waals surface area contributed by atoms with Crippen LogP contribution in [-0.4, -0.2) is 78.1 Å². The molecule has 1 saturated carbocycles. The quantitative estimate of drug-likeness (QED) is 0.343. The van der Waals surface area contributed by atoms with Gasteiger partial charge in [0.25, 0.3) is 0 Å². The van der Waals surface area contributed by atoms with Gasteiger partial charge in [0.1, 0.15) is 11.8 Å². The largest absolute Gasteiger partial charge is 0.508 e. The van der Waals surface area contributed by atoms with Crippen molar-refractivity contribution < 1.29 is 24.2 Å². The van der Waals surface area contributed by atoms with Crippen LogP contribution < -0.4 is 5.32 Å². The van der Waals surface area contributed by atoms with Gasteiger partial charge in [-0.3, -0.25) is 9.59 Å². The number of amides is 2. The van der Waals surface area contributed by atoms with Gasteiger partial charge in [0, 0.05) is 44.9 Å². The number of phenolic OH excluding ortho intramolecular Hbond substituents is 1. The number of nitrogens with zero attached hydrogens (tertiary/aromatic N) is 2. The Hall–Kier alpha value is -3.39. The van der Waals surface area contributed by atoms with E-state index in [2.05, 4.69) is 30.1 Å². The standard InChI is InChI=1S/C35H49N3O5/c1-26-25-37(20-19-35(26,2)28-13-10-16-30(39)24-28)21-22-38(29-14-8-5-9-15-29)33(41)18-17-32(40)36-31(34(42)43-3)23-27-11-6-4-7-12-27/h4,6-7,10-13,16,24,26,29,31,39H,5,8-9,14-15,17-23,25H2,1-3H3,(H,36,40). The third-order valence-electron chi connectivity index (χ3n) is 9.74. The van der Waals surface area contributed by atoms with Crippen LogP contribution in [0.1, 0.15) is 76.3 Å². The molecule has 3 atom stereocenters. The number of carbonyl (C=O) groups is 3. The highest BCUT2D eigenvalue weighted by Crippen LogP contribution is 2.40. The van der Waals surface area contributed by atoms with E-state index in [1.807, 2.05) is 47.4 Å². The van der Waals surface area contributed by atoms with Crippen LogP contribution in [0.5, 0.6) is 5.75 Å². The molecule has 2 aliphatic rings. The number of esters is 1. The molecule has 43 heavy (non-hydrogen) atoms. The predicted octanol–water partition coefficient (Wildman–Crippen LogP) is 4.83. The van der Waals surface area contributed by atoms with Crippen LogP contribution in [0, 0.1) is 5.92 Å². The van der Waals surface area contributed by atoms with Crippen LogP contribution >= 0.6 is 0 Å². The molecule has 234 valence electrons. The third-order valence-corrected chi connectivity index (χ3v) is 9.74. The van der Waals surface area contributed by atoms with Crippen molar-refractivity contribution in [2.75, 3.05) is 33.3 Å². The van der Waals surface area contributed by atoms with Crippen molar-refractivity contribution in [1.82, 2.24) is 15.1 Å². The lowest BCUT2D eigenvalue weighted by atomic mass is 9.68. The Balaban J connectivity index is 1.33. The average Bonchev–Trinajstić information content (AvgIpc) is 3.02. The van der Waals surface area contributed by atoms with Crippen molar-refractivity contribution in [2.24, 2.45) is 5.92 Å². The minimum absolute atomic E-state index is 0.00869. The number of phenols is 1. The first-order valence-corrected chi connectivity index (χ1v) is 15.9. The number of rotatable bonds is 12. The van der Waals surface area contributed by atoms with Gasteiger partial charge in [0.05, 0.1) is 7.11 Å². The smallest absolute Gasteiger partial charge is 0.328 e. The number of ether oxygens (including phenoxy) is 1. The van der Waals surface area contributed by atoms with Gasteiger partial charge in [-0.25, -0.2) is 4.79 Å². The molecular formula is C35H49N3O5. The topological polar surface area (TPSA) is 99.2 Å². The summed E-state index contributed by atoms with van der Waals surface area (Å²) in [5.41, 5.74) is 2.09. The van der Waals surface area contributed by atoms with Crippen LogP contribution in [0.2, 0.25) is 0 Å². The Morgan fingerprint density at radius 1 is 1.07 bits per heavy atom. The maximum absolute atomic E-state index is 13.6. The van der Waals surface area contributed by atoms with Gasteiger partial charge in [0.2, 0.25) is 11.8 Å². The Bertz CT molecular complexity index is 1210.